The Morgan fingerprint density at radius 3 is 2.45 bits per heavy atom. The van der Waals surface area contributed by atoms with E-state index in [1.807, 2.05) is 24.3 Å². The second kappa shape index (κ2) is 8.44. The molecule has 0 spiro atoms. The third-order valence-electron chi connectivity index (χ3n) is 4.92. The van der Waals surface area contributed by atoms with Crippen molar-refractivity contribution in [1.29, 1.82) is 10.5 Å². The number of benzene rings is 2. The topological polar surface area (TPSA) is 98.3 Å². The minimum Gasteiger partial charge on any atom is -0.309 e. The fourth-order valence-electron chi connectivity index (χ4n) is 3.62. The Morgan fingerprint density at radius 1 is 0.968 bits per heavy atom. The lowest BCUT2D eigenvalue weighted by molar-refractivity contribution is 1.18. The van der Waals surface area contributed by atoms with E-state index < -0.39 is 0 Å². The molecule has 0 radical (unpaired) electrons. The van der Waals surface area contributed by atoms with Crippen LogP contribution in [0.2, 0.25) is 0 Å². The zero-order valence-electron chi connectivity index (χ0n) is 17.1. The van der Waals surface area contributed by atoms with Gasteiger partial charge in [0.1, 0.15) is 11.9 Å². The quantitative estimate of drug-likeness (QED) is 0.455. The predicted molar refractivity (Wildman–Crippen MR) is 121 cm³/mol. The molecule has 2 aromatic carbocycles. The van der Waals surface area contributed by atoms with Gasteiger partial charge in [-0.1, -0.05) is 30.3 Å². The lowest BCUT2D eigenvalue weighted by Gasteiger charge is -2.14. The standard InChI is InChI=1S/C25H18N6/c1-16-11-18(5-4-10-26)12-17(2)23(16)21-7-3-6-20-15-29-25(31-24(20)21)30-22-9-8-19(13-27)14-28-22/h3-9,11-12,14-15H,1-2H3,(H,28,29,30,31)/b5-4+. The van der Waals surface area contributed by atoms with Crippen molar-refractivity contribution in [3.8, 4) is 23.3 Å². The lowest BCUT2D eigenvalue weighted by atomic mass is 9.92. The van der Waals surface area contributed by atoms with Crippen LogP contribution in [0.4, 0.5) is 11.8 Å². The second-order valence-electron chi connectivity index (χ2n) is 7.10. The molecule has 6 heteroatoms. The fraction of sp³-hybridized carbons (Fsp3) is 0.0800. The van der Waals surface area contributed by atoms with Crippen molar-refractivity contribution >= 4 is 28.7 Å². The highest BCUT2D eigenvalue weighted by molar-refractivity contribution is 5.95. The van der Waals surface area contributed by atoms with Crippen molar-refractivity contribution in [1.82, 2.24) is 15.0 Å². The Labute approximate surface area is 180 Å². The van der Waals surface area contributed by atoms with Crippen LogP contribution >= 0.6 is 0 Å². The van der Waals surface area contributed by atoms with E-state index in [1.54, 1.807) is 18.3 Å². The second-order valence-corrected chi connectivity index (χ2v) is 7.10. The summed E-state index contributed by atoms with van der Waals surface area (Å²) in [5.74, 6) is 0.998. The molecule has 0 saturated heterocycles. The van der Waals surface area contributed by atoms with E-state index in [9.17, 15) is 0 Å². The highest BCUT2D eigenvalue weighted by Gasteiger charge is 2.13. The normalized spacial score (nSPS) is 10.7. The van der Waals surface area contributed by atoms with Gasteiger partial charge in [-0.3, -0.25) is 0 Å². The molecule has 148 valence electrons. The lowest BCUT2D eigenvalue weighted by Crippen LogP contribution is -2.00. The Morgan fingerprint density at radius 2 is 1.77 bits per heavy atom. The summed E-state index contributed by atoms with van der Waals surface area (Å²) in [4.78, 5) is 13.4. The van der Waals surface area contributed by atoms with Crippen LogP contribution in [0.5, 0.6) is 0 Å². The molecule has 4 rings (SSSR count). The van der Waals surface area contributed by atoms with Crippen LogP contribution in [0, 0.1) is 36.5 Å². The highest BCUT2D eigenvalue weighted by atomic mass is 15.1. The van der Waals surface area contributed by atoms with Crippen LogP contribution < -0.4 is 5.32 Å². The zero-order chi connectivity index (χ0) is 21.8. The molecule has 1 N–H and O–H groups in total. The Bertz CT molecular complexity index is 1370. The maximum Gasteiger partial charge on any atom is 0.228 e. The van der Waals surface area contributed by atoms with E-state index in [1.165, 1.54) is 12.3 Å². The van der Waals surface area contributed by atoms with E-state index in [-0.39, 0.29) is 0 Å². The van der Waals surface area contributed by atoms with Gasteiger partial charge in [-0.2, -0.15) is 10.5 Å². The molecule has 0 bridgehead atoms. The van der Waals surface area contributed by atoms with Crippen LogP contribution in [0.15, 0.2) is 60.9 Å². The summed E-state index contributed by atoms with van der Waals surface area (Å²) >= 11 is 0. The number of nitrogens with one attached hydrogen (secondary N) is 1. The van der Waals surface area contributed by atoms with Gasteiger partial charge in [-0.25, -0.2) is 15.0 Å². The van der Waals surface area contributed by atoms with Crippen LogP contribution in [-0.4, -0.2) is 15.0 Å². The average Bonchev–Trinajstić information content (AvgIpc) is 2.78. The molecule has 31 heavy (non-hydrogen) atoms. The predicted octanol–water partition coefficient (Wildman–Crippen LogP) is 5.46. The monoisotopic (exact) mass is 402 g/mol. The number of pyridine rings is 1. The summed E-state index contributed by atoms with van der Waals surface area (Å²) in [5, 5.41) is 21.8. The van der Waals surface area contributed by atoms with Crippen LogP contribution in [0.3, 0.4) is 0 Å². The van der Waals surface area contributed by atoms with Gasteiger partial charge < -0.3 is 5.32 Å². The van der Waals surface area contributed by atoms with Gasteiger partial charge >= 0.3 is 0 Å². The number of para-hydroxylation sites is 1. The number of aryl methyl sites for hydroxylation is 2. The Balaban J connectivity index is 1.78. The molecule has 0 unspecified atom stereocenters. The minimum absolute atomic E-state index is 0.432. The van der Waals surface area contributed by atoms with Crippen molar-refractivity contribution in [2.24, 2.45) is 0 Å². The van der Waals surface area contributed by atoms with Crippen LogP contribution in [-0.2, 0) is 0 Å². The zero-order valence-corrected chi connectivity index (χ0v) is 17.1. The van der Waals surface area contributed by atoms with E-state index in [2.05, 4.69) is 53.4 Å². The first-order valence-corrected chi connectivity index (χ1v) is 9.66. The molecule has 0 atom stereocenters. The van der Waals surface area contributed by atoms with Gasteiger partial charge in [0.2, 0.25) is 5.95 Å². The van der Waals surface area contributed by atoms with Crippen LogP contribution in [0.25, 0.3) is 28.1 Å². The maximum absolute atomic E-state index is 8.93. The number of hydrogen-bond donors (Lipinski definition) is 1. The van der Waals surface area contributed by atoms with Gasteiger partial charge in [0.25, 0.3) is 0 Å². The highest BCUT2D eigenvalue weighted by Crippen LogP contribution is 2.33. The van der Waals surface area contributed by atoms with Crippen molar-refractivity contribution in [2.45, 2.75) is 13.8 Å². The van der Waals surface area contributed by atoms with E-state index >= 15 is 0 Å². The maximum atomic E-state index is 8.93. The molecule has 0 amide bonds. The number of allylic oxidation sites excluding steroid dienone is 1. The number of fused-ring (bicyclic) bond motifs is 1. The number of anilines is 2. The van der Waals surface area contributed by atoms with Crippen molar-refractivity contribution < 1.29 is 0 Å². The summed E-state index contributed by atoms with van der Waals surface area (Å²) in [7, 11) is 0. The number of rotatable bonds is 4. The minimum atomic E-state index is 0.432. The molecular weight excluding hydrogens is 384 g/mol. The van der Waals surface area contributed by atoms with E-state index in [4.69, 9.17) is 15.5 Å². The smallest absolute Gasteiger partial charge is 0.228 e. The molecule has 0 aliphatic rings. The van der Waals surface area contributed by atoms with Gasteiger partial charge in [0.05, 0.1) is 17.1 Å². The molecule has 4 aromatic rings. The van der Waals surface area contributed by atoms with Gasteiger partial charge in [-0.15, -0.1) is 0 Å². The molecule has 2 aromatic heterocycles. The average molecular weight is 402 g/mol. The largest absolute Gasteiger partial charge is 0.309 e. The number of nitriles is 2. The first-order chi connectivity index (χ1) is 15.1. The fourth-order valence-corrected chi connectivity index (χ4v) is 3.62. The Hall–Kier alpha value is -4.55. The molecule has 0 aliphatic carbocycles. The third-order valence-corrected chi connectivity index (χ3v) is 4.92. The number of aromatic nitrogens is 3. The molecule has 0 aliphatic heterocycles. The summed E-state index contributed by atoms with van der Waals surface area (Å²) in [5.41, 5.74) is 6.65. The first-order valence-electron chi connectivity index (χ1n) is 9.66. The molecule has 2 heterocycles. The summed E-state index contributed by atoms with van der Waals surface area (Å²) in [6.07, 6.45) is 6.58. The molecule has 6 nitrogen and oxygen atoms in total. The van der Waals surface area contributed by atoms with Gasteiger partial charge in [0, 0.05) is 29.4 Å². The van der Waals surface area contributed by atoms with Crippen molar-refractivity contribution in [3.63, 3.8) is 0 Å². The summed E-state index contributed by atoms with van der Waals surface area (Å²) < 4.78 is 0. The summed E-state index contributed by atoms with van der Waals surface area (Å²) in [6.45, 7) is 4.12. The van der Waals surface area contributed by atoms with Crippen molar-refractivity contribution in [2.75, 3.05) is 5.32 Å². The first kappa shape index (κ1) is 19.8. The number of nitrogens with zero attached hydrogens (tertiary/aromatic N) is 5. The molecule has 0 fully saturated rings. The third kappa shape index (κ3) is 4.10. The van der Waals surface area contributed by atoms with Crippen molar-refractivity contribution in [3.05, 3.63) is 83.2 Å². The van der Waals surface area contributed by atoms with Gasteiger partial charge in [-0.05, 0) is 54.3 Å². The van der Waals surface area contributed by atoms with E-state index in [0.29, 0.717) is 17.3 Å². The molecule has 0 saturated carbocycles. The van der Waals surface area contributed by atoms with E-state index in [0.717, 1.165) is 38.7 Å². The van der Waals surface area contributed by atoms with Crippen LogP contribution in [0.1, 0.15) is 22.3 Å². The summed E-state index contributed by atoms with van der Waals surface area (Å²) in [6, 6.07) is 17.7. The number of hydrogen-bond acceptors (Lipinski definition) is 6. The SMILES string of the molecule is Cc1cc(/C=C/C#N)cc(C)c1-c1cccc2cnc(Nc3ccc(C#N)cn3)nc12. The molecular formula is C25H18N6. The Kier molecular flexibility index (Phi) is 5.38. The van der Waals surface area contributed by atoms with Gasteiger partial charge in [0.15, 0.2) is 0 Å².